The van der Waals surface area contributed by atoms with E-state index in [0.717, 1.165) is 6.92 Å². The number of hydrogen-bond acceptors (Lipinski definition) is 3. The fourth-order valence-electron chi connectivity index (χ4n) is 0.796. The molecule has 0 aliphatic carbocycles. The normalized spacial score (nSPS) is 17.2. The number of nitrogens with zero attached hydrogens (tertiary/aromatic N) is 3. The van der Waals surface area contributed by atoms with Gasteiger partial charge in [-0.15, -0.1) is 0 Å². The Morgan fingerprint density at radius 2 is 2.33 bits per heavy atom. The zero-order valence-electron chi connectivity index (χ0n) is 6.93. The smallest absolute Gasteiger partial charge is 0.335 e. The quantitative estimate of drug-likeness (QED) is 0.374. The van der Waals surface area contributed by atoms with E-state index in [-0.39, 0.29) is 6.42 Å². The van der Waals surface area contributed by atoms with E-state index in [0.29, 0.717) is 0 Å². The standard InChI is InChI=1S/C6H11N3O3/c1-3-4(8-9-7)6(2,12)5(10)11/h4,12H,3H2,1-2H3,(H,10,11)/t4-,6+/m0/s1. The molecular weight excluding hydrogens is 162 g/mol. The van der Waals surface area contributed by atoms with Crippen LogP contribution in [0.4, 0.5) is 0 Å². The minimum Gasteiger partial charge on any atom is -0.479 e. The highest BCUT2D eigenvalue weighted by Gasteiger charge is 2.37. The van der Waals surface area contributed by atoms with E-state index in [4.69, 9.17) is 10.6 Å². The fraction of sp³-hybridized carbons (Fsp3) is 0.833. The van der Waals surface area contributed by atoms with Gasteiger partial charge in [0, 0.05) is 4.91 Å². The highest BCUT2D eigenvalue weighted by molar-refractivity contribution is 5.77. The molecule has 0 heterocycles. The first-order valence-corrected chi connectivity index (χ1v) is 3.46. The molecule has 0 fully saturated rings. The molecule has 0 bridgehead atoms. The SMILES string of the molecule is CC[C@H](N=[N+]=[N-])[C@@](C)(O)C(=O)O. The van der Waals surface area contributed by atoms with Crippen molar-refractivity contribution >= 4 is 5.97 Å². The molecule has 0 amide bonds. The van der Waals surface area contributed by atoms with Crippen molar-refractivity contribution in [3.8, 4) is 0 Å². The van der Waals surface area contributed by atoms with Crippen LogP contribution in [0.3, 0.4) is 0 Å². The van der Waals surface area contributed by atoms with Crippen molar-refractivity contribution in [1.82, 2.24) is 0 Å². The lowest BCUT2D eigenvalue weighted by molar-refractivity contribution is -0.158. The second-order valence-electron chi connectivity index (χ2n) is 2.58. The summed E-state index contributed by atoms with van der Waals surface area (Å²) in [6.45, 7) is 2.74. The summed E-state index contributed by atoms with van der Waals surface area (Å²) in [5, 5.41) is 21.0. The lowest BCUT2D eigenvalue weighted by atomic mass is 9.95. The average molecular weight is 173 g/mol. The lowest BCUT2D eigenvalue weighted by Gasteiger charge is -2.23. The molecule has 0 aromatic rings. The molecule has 0 aromatic carbocycles. The molecule has 12 heavy (non-hydrogen) atoms. The minimum absolute atomic E-state index is 0.281. The fourth-order valence-corrected chi connectivity index (χ4v) is 0.796. The maximum absolute atomic E-state index is 10.5. The summed E-state index contributed by atoms with van der Waals surface area (Å²) in [6, 6.07) is -0.931. The molecule has 0 aromatic heterocycles. The summed E-state index contributed by atoms with van der Waals surface area (Å²) in [5.41, 5.74) is 6.08. The Hall–Kier alpha value is -1.26. The van der Waals surface area contributed by atoms with Gasteiger partial charge in [0.1, 0.15) is 0 Å². The van der Waals surface area contributed by atoms with Crippen LogP contribution in [0, 0.1) is 0 Å². The molecule has 2 N–H and O–H groups in total. The maximum atomic E-state index is 10.5. The molecule has 0 radical (unpaired) electrons. The second-order valence-corrected chi connectivity index (χ2v) is 2.58. The van der Waals surface area contributed by atoms with Crippen molar-refractivity contribution in [2.75, 3.05) is 0 Å². The van der Waals surface area contributed by atoms with Crippen LogP contribution in [0.1, 0.15) is 20.3 Å². The molecule has 6 nitrogen and oxygen atoms in total. The van der Waals surface area contributed by atoms with Gasteiger partial charge in [-0.2, -0.15) is 0 Å². The Morgan fingerprint density at radius 1 is 1.83 bits per heavy atom. The van der Waals surface area contributed by atoms with Crippen LogP contribution in [0.2, 0.25) is 0 Å². The van der Waals surface area contributed by atoms with Crippen LogP contribution in [-0.2, 0) is 4.79 Å². The molecule has 0 rings (SSSR count). The van der Waals surface area contributed by atoms with Crippen LogP contribution in [0.25, 0.3) is 10.4 Å². The third-order valence-electron chi connectivity index (χ3n) is 1.66. The first-order valence-electron chi connectivity index (χ1n) is 3.46. The molecule has 68 valence electrons. The predicted octanol–water partition coefficient (Wildman–Crippen LogP) is 0.911. The van der Waals surface area contributed by atoms with Crippen LogP contribution in [-0.4, -0.2) is 27.8 Å². The number of carboxylic acid groups (broad SMARTS) is 1. The lowest BCUT2D eigenvalue weighted by Crippen LogP contribution is -2.45. The van der Waals surface area contributed by atoms with E-state index in [9.17, 15) is 9.90 Å². The van der Waals surface area contributed by atoms with E-state index >= 15 is 0 Å². The number of aliphatic carboxylic acids is 1. The molecule has 6 heteroatoms. The van der Waals surface area contributed by atoms with Crippen molar-refractivity contribution in [3.05, 3.63) is 10.4 Å². The summed E-state index contributed by atoms with van der Waals surface area (Å²) >= 11 is 0. The van der Waals surface area contributed by atoms with E-state index in [2.05, 4.69) is 10.0 Å². The minimum atomic E-state index is -1.99. The van der Waals surface area contributed by atoms with Gasteiger partial charge in [0.25, 0.3) is 0 Å². The predicted molar refractivity (Wildman–Crippen MR) is 41.5 cm³/mol. The van der Waals surface area contributed by atoms with Crippen molar-refractivity contribution in [2.45, 2.75) is 31.9 Å². The Labute approximate surface area is 69.4 Å². The summed E-state index contributed by atoms with van der Waals surface area (Å²) in [5.74, 6) is -1.39. The molecular formula is C6H11N3O3. The number of carbonyl (C=O) groups is 1. The summed E-state index contributed by atoms with van der Waals surface area (Å²) in [6.07, 6.45) is 0.281. The number of azide groups is 1. The summed E-state index contributed by atoms with van der Waals surface area (Å²) in [4.78, 5) is 12.9. The number of rotatable bonds is 4. The summed E-state index contributed by atoms with van der Waals surface area (Å²) < 4.78 is 0. The summed E-state index contributed by atoms with van der Waals surface area (Å²) in [7, 11) is 0. The molecule has 0 aliphatic rings. The van der Waals surface area contributed by atoms with Gasteiger partial charge in [-0.1, -0.05) is 12.0 Å². The Balaban J connectivity index is 4.70. The Bertz CT molecular complexity index is 220. The van der Waals surface area contributed by atoms with Crippen LogP contribution in [0.15, 0.2) is 5.11 Å². The van der Waals surface area contributed by atoms with Gasteiger partial charge >= 0.3 is 5.97 Å². The highest BCUT2D eigenvalue weighted by Crippen LogP contribution is 2.16. The van der Waals surface area contributed by atoms with Crippen LogP contribution < -0.4 is 0 Å². The zero-order chi connectivity index (χ0) is 9.78. The topological polar surface area (TPSA) is 106 Å². The molecule has 0 spiro atoms. The second kappa shape index (κ2) is 3.94. The number of carboxylic acids is 1. The maximum Gasteiger partial charge on any atom is 0.335 e. The molecule has 0 aliphatic heterocycles. The molecule has 0 unspecified atom stereocenters. The van der Waals surface area contributed by atoms with E-state index in [1.807, 2.05) is 0 Å². The van der Waals surface area contributed by atoms with E-state index < -0.39 is 17.6 Å². The van der Waals surface area contributed by atoms with Crippen molar-refractivity contribution < 1.29 is 15.0 Å². The van der Waals surface area contributed by atoms with Gasteiger partial charge in [0.2, 0.25) is 0 Å². The van der Waals surface area contributed by atoms with Crippen LogP contribution in [0.5, 0.6) is 0 Å². The van der Waals surface area contributed by atoms with Crippen LogP contribution >= 0.6 is 0 Å². The molecule has 0 saturated carbocycles. The van der Waals surface area contributed by atoms with Crippen molar-refractivity contribution in [2.24, 2.45) is 5.11 Å². The number of hydrogen-bond donors (Lipinski definition) is 2. The van der Waals surface area contributed by atoms with E-state index in [1.54, 1.807) is 6.92 Å². The third kappa shape index (κ3) is 2.11. The van der Waals surface area contributed by atoms with Crippen molar-refractivity contribution in [3.63, 3.8) is 0 Å². The first-order chi connectivity index (χ1) is 5.46. The highest BCUT2D eigenvalue weighted by atomic mass is 16.4. The monoisotopic (exact) mass is 173 g/mol. The van der Waals surface area contributed by atoms with Crippen molar-refractivity contribution in [1.29, 1.82) is 0 Å². The van der Waals surface area contributed by atoms with Gasteiger partial charge in [-0.25, -0.2) is 4.79 Å². The van der Waals surface area contributed by atoms with Gasteiger partial charge < -0.3 is 10.2 Å². The number of aliphatic hydroxyl groups is 1. The van der Waals surface area contributed by atoms with Gasteiger partial charge in [0.15, 0.2) is 5.60 Å². The largest absolute Gasteiger partial charge is 0.479 e. The third-order valence-corrected chi connectivity index (χ3v) is 1.66. The average Bonchev–Trinajstić information content (AvgIpc) is 1.99. The van der Waals surface area contributed by atoms with Gasteiger partial charge in [-0.3, -0.25) is 0 Å². The molecule has 2 atom stereocenters. The zero-order valence-corrected chi connectivity index (χ0v) is 6.93. The molecule has 0 saturated heterocycles. The first kappa shape index (κ1) is 10.7. The van der Waals surface area contributed by atoms with Gasteiger partial charge in [-0.05, 0) is 18.9 Å². The Kier molecular flexibility index (Phi) is 3.53. The Morgan fingerprint density at radius 3 is 2.58 bits per heavy atom. The van der Waals surface area contributed by atoms with E-state index in [1.165, 1.54) is 0 Å². The van der Waals surface area contributed by atoms with Gasteiger partial charge in [0.05, 0.1) is 6.04 Å².